The summed E-state index contributed by atoms with van der Waals surface area (Å²) in [4.78, 5) is 8.84. The number of hydrogen-bond acceptors (Lipinski definition) is 5. The number of rotatable bonds is 6. The van der Waals surface area contributed by atoms with E-state index in [4.69, 9.17) is 0 Å². The van der Waals surface area contributed by atoms with E-state index in [0.717, 1.165) is 0 Å². The first-order chi connectivity index (χ1) is 5.48. The third-order valence-electron chi connectivity index (χ3n) is 1.06. The van der Waals surface area contributed by atoms with Gasteiger partial charge in [-0.3, -0.25) is 0 Å². The van der Waals surface area contributed by atoms with E-state index in [-0.39, 0.29) is 42.8 Å². The molecule has 1 atom stereocenters. The first-order valence-corrected chi connectivity index (χ1v) is 4.75. The molecule has 13 heavy (non-hydrogen) atoms. The predicted octanol–water partition coefficient (Wildman–Crippen LogP) is -2.94. The largest absolute Gasteiger partial charge is 1.00 e. The Morgan fingerprint density at radius 2 is 2.08 bits per heavy atom. The SMILES string of the molecule is C=CCOOCC(C)S(=O)(=O)[O-].[Na+]. The van der Waals surface area contributed by atoms with Gasteiger partial charge in [0.2, 0.25) is 0 Å². The molecule has 5 nitrogen and oxygen atoms in total. The Labute approximate surface area is 100 Å². The molecule has 0 amide bonds. The topological polar surface area (TPSA) is 75.7 Å². The normalized spacial score (nSPS) is 13.1. The van der Waals surface area contributed by atoms with Gasteiger partial charge >= 0.3 is 29.6 Å². The molecule has 0 N–H and O–H groups in total. The van der Waals surface area contributed by atoms with Crippen LogP contribution in [0.1, 0.15) is 6.92 Å². The van der Waals surface area contributed by atoms with E-state index in [0.29, 0.717) is 0 Å². The average molecular weight is 218 g/mol. The van der Waals surface area contributed by atoms with Crippen molar-refractivity contribution in [3.63, 3.8) is 0 Å². The van der Waals surface area contributed by atoms with Crippen LogP contribution in [0.4, 0.5) is 0 Å². The smallest absolute Gasteiger partial charge is 0.748 e. The monoisotopic (exact) mass is 218 g/mol. The summed E-state index contributed by atoms with van der Waals surface area (Å²) >= 11 is 0. The van der Waals surface area contributed by atoms with Gasteiger partial charge < -0.3 is 4.55 Å². The molecule has 0 aliphatic rings. The van der Waals surface area contributed by atoms with Crippen LogP contribution in [0.25, 0.3) is 0 Å². The van der Waals surface area contributed by atoms with Gasteiger partial charge in [-0.2, -0.15) is 0 Å². The summed E-state index contributed by atoms with van der Waals surface area (Å²) in [6.07, 6.45) is 1.44. The molecule has 0 spiro atoms. The molecule has 0 aromatic heterocycles. The van der Waals surface area contributed by atoms with Crippen LogP contribution in [0.3, 0.4) is 0 Å². The van der Waals surface area contributed by atoms with E-state index in [1.807, 2.05) is 0 Å². The predicted molar refractivity (Wildman–Crippen MR) is 41.3 cm³/mol. The second kappa shape index (κ2) is 7.93. The van der Waals surface area contributed by atoms with E-state index in [2.05, 4.69) is 16.4 Å². The first kappa shape index (κ1) is 16.0. The van der Waals surface area contributed by atoms with Crippen LogP contribution in [0.5, 0.6) is 0 Å². The van der Waals surface area contributed by atoms with Crippen molar-refractivity contribution in [3.05, 3.63) is 12.7 Å². The minimum atomic E-state index is -4.27. The zero-order valence-electron chi connectivity index (χ0n) is 7.73. The Kier molecular flexibility index (Phi) is 9.77. The van der Waals surface area contributed by atoms with Gasteiger partial charge in [-0.15, -0.1) is 6.58 Å². The molecule has 72 valence electrons. The molecule has 0 heterocycles. The molecule has 0 aromatic carbocycles. The molecular weight excluding hydrogens is 207 g/mol. The zero-order valence-corrected chi connectivity index (χ0v) is 10.5. The Bertz CT molecular complexity index is 225. The maximum atomic E-state index is 10.3. The Morgan fingerprint density at radius 3 is 2.46 bits per heavy atom. The standard InChI is InChI=1S/C6H12O5S.Na/c1-3-4-10-11-5-6(2)12(7,8)9;/h3,6H,1,4-5H2,2H3,(H,7,8,9);/q;+1/p-1. The van der Waals surface area contributed by atoms with Crippen LogP contribution < -0.4 is 29.6 Å². The number of hydrogen-bond donors (Lipinski definition) is 0. The molecule has 1 unspecified atom stereocenters. The fourth-order valence-corrected chi connectivity index (χ4v) is 0.546. The van der Waals surface area contributed by atoms with Crippen LogP contribution in [-0.4, -0.2) is 31.4 Å². The van der Waals surface area contributed by atoms with Crippen molar-refractivity contribution in [3.8, 4) is 0 Å². The summed E-state index contributed by atoms with van der Waals surface area (Å²) in [5, 5.41) is -1.10. The molecule has 0 fully saturated rings. The summed E-state index contributed by atoms with van der Waals surface area (Å²) in [7, 11) is -4.27. The Morgan fingerprint density at radius 1 is 1.54 bits per heavy atom. The average Bonchev–Trinajstić information content (AvgIpc) is 1.96. The Hall–Kier alpha value is 0.570. The van der Waals surface area contributed by atoms with Crippen molar-refractivity contribution in [2.75, 3.05) is 13.2 Å². The molecule has 0 aliphatic carbocycles. The van der Waals surface area contributed by atoms with Crippen molar-refractivity contribution in [2.24, 2.45) is 0 Å². The molecule has 0 rings (SSSR count). The van der Waals surface area contributed by atoms with Crippen LogP contribution in [-0.2, 0) is 19.9 Å². The molecular formula is C6H11NaO5S. The van der Waals surface area contributed by atoms with Crippen molar-refractivity contribution in [1.82, 2.24) is 0 Å². The van der Waals surface area contributed by atoms with Gasteiger partial charge in [-0.1, -0.05) is 6.08 Å². The van der Waals surface area contributed by atoms with Crippen molar-refractivity contribution in [1.29, 1.82) is 0 Å². The fraction of sp³-hybridized carbons (Fsp3) is 0.667. The third kappa shape index (κ3) is 8.89. The fourth-order valence-electron chi connectivity index (χ4n) is 0.323. The van der Waals surface area contributed by atoms with Gasteiger partial charge in [0.1, 0.15) is 6.61 Å². The zero-order chi connectivity index (χ0) is 9.61. The van der Waals surface area contributed by atoms with Crippen LogP contribution >= 0.6 is 0 Å². The molecule has 0 bridgehead atoms. The maximum absolute atomic E-state index is 10.3. The van der Waals surface area contributed by atoms with Gasteiger partial charge in [-0.25, -0.2) is 18.2 Å². The van der Waals surface area contributed by atoms with E-state index in [1.54, 1.807) is 0 Å². The van der Waals surface area contributed by atoms with Gasteiger partial charge in [0.05, 0.1) is 22.0 Å². The maximum Gasteiger partial charge on any atom is 1.00 e. The summed E-state index contributed by atoms with van der Waals surface area (Å²) in [6, 6.07) is 0. The van der Waals surface area contributed by atoms with Gasteiger partial charge in [0.15, 0.2) is 0 Å². The second-order valence-electron chi connectivity index (χ2n) is 2.16. The summed E-state index contributed by atoms with van der Waals surface area (Å²) in [5.41, 5.74) is 0. The van der Waals surface area contributed by atoms with Crippen LogP contribution in [0.15, 0.2) is 12.7 Å². The molecule has 0 aliphatic heterocycles. The minimum Gasteiger partial charge on any atom is -0.748 e. The van der Waals surface area contributed by atoms with Crippen molar-refractivity contribution in [2.45, 2.75) is 12.2 Å². The summed E-state index contributed by atoms with van der Waals surface area (Å²) < 4.78 is 30.9. The molecule has 7 heteroatoms. The van der Waals surface area contributed by atoms with E-state index in [1.165, 1.54) is 13.0 Å². The molecule has 0 radical (unpaired) electrons. The van der Waals surface area contributed by atoms with Crippen molar-refractivity contribution >= 4 is 10.1 Å². The molecule has 0 saturated carbocycles. The van der Waals surface area contributed by atoms with Gasteiger partial charge in [0.25, 0.3) is 0 Å². The van der Waals surface area contributed by atoms with Gasteiger partial charge in [0, 0.05) is 0 Å². The minimum absolute atomic E-state index is 0. The Balaban J connectivity index is 0. The van der Waals surface area contributed by atoms with Gasteiger partial charge in [-0.05, 0) is 6.92 Å². The van der Waals surface area contributed by atoms with Crippen LogP contribution in [0, 0.1) is 0 Å². The summed E-state index contributed by atoms with van der Waals surface area (Å²) in [6.45, 7) is 4.48. The molecule has 0 saturated heterocycles. The van der Waals surface area contributed by atoms with Crippen LogP contribution in [0.2, 0.25) is 0 Å². The molecule has 0 aromatic rings. The quantitative estimate of drug-likeness (QED) is 0.119. The van der Waals surface area contributed by atoms with E-state index >= 15 is 0 Å². The summed E-state index contributed by atoms with van der Waals surface area (Å²) in [5.74, 6) is 0. The van der Waals surface area contributed by atoms with Crippen molar-refractivity contribution < 1.29 is 52.3 Å². The van der Waals surface area contributed by atoms with E-state index < -0.39 is 15.4 Å². The first-order valence-electron chi connectivity index (χ1n) is 3.28. The second-order valence-corrected chi connectivity index (χ2v) is 3.95. The van der Waals surface area contributed by atoms with E-state index in [9.17, 15) is 13.0 Å². The third-order valence-corrected chi connectivity index (χ3v) is 2.19.